The van der Waals surface area contributed by atoms with Crippen molar-refractivity contribution >= 4 is 12.6 Å². The molecule has 0 saturated heterocycles. The molecule has 0 aliphatic carbocycles. The Bertz CT molecular complexity index is 261. The van der Waals surface area contributed by atoms with Crippen molar-refractivity contribution < 1.29 is 10.2 Å². The van der Waals surface area contributed by atoms with Crippen molar-refractivity contribution in [2.24, 2.45) is 0 Å². The number of phenols is 2. The van der Waals surface area contributed by atoms with Gasteiger partial charge in [0.15, 0.2) is 11.5 Å². The fraction of sp³-hybridized carbons (Fsp3) is 0.333. The zero-order valence-corrected chi connectivity index (χ0v) is 7.59. The zero-order chi connectivity index (χ0) is 8.97. The molecular weight excluding hydrogens is 172 g/mol. The van der Waals surface area contributed by atoms with E-state index in [4.69, 9.17) is 10.2 Å². The smallest absolute Gasteiger partial charge is 0.157 e. The van der Waals surface area contributed by atoms with E-state index in [1.54, 1.807) is 12.1 Å². The highest BCUT2D eigenvalue weighted by Gasteiger charge is 1.99. The lowest BCUT2D eigenvalue weighted by atomic mass is 10.1. The minimum Gasteiger partial charge on any atom is -0.504 e. The lowest BCUT2D eigenvalue weighted by molar-refractivity contribution is 0.403. The summed E-state index contributed by atoms with van der Waals surface area (Å²) >= 11 is 4.09. The van der Waals surface area contributed by atoms with E-state index in [0.717, 1.165) is 24.2 Å². The van der Waals surface area contributed by atoms with E-state index >= 15 is 0 Å². The summed E-state index contributed by atoms with van der Waals surface area (Å²) in [6.45, 7) is 0. The fourth-order valence-corrected chi connectivity index (χ4v) is 1.17. The van der Waals surface area contributed by atoms with Gasteiger partial charge in [-0.1, -0.05) is 6.07 Å². The van der Waals surface area contributed by atoms with Crippen LogP contribution in [0.5, 0.6) is 11.5 Å². The number of aromatic hydroxyl groups is 2. The number of phenolic OH excluding ortho intramolecular Hbond substituents is 2. The molecule has 0 heterocycles. The van der Waals surface area contributed by atoms with Crippen molar-refractivity contribution in [1.29, 1.82) is 0 Å². The molecule has 0 radical (unpaired) electrons. The van der Waals surface area contributed by atoms with E-state index in [1.807, 2.05) is 0 Å². The van der Waals surface area contributed by atoms with Gasteiger partial charge in [0.2, 0.25) is 0 Å². The highest BCUT2D eigenvalue weighted by atomic mass is 32.1. The van der Waals surface area contributed by atoms with Gasteiger partial charge in [0.1, 0.15) is 0 Å². The highest BCUT2D eigenvalue weighted by Crippen LogP contribution is 2.25. The lowest BCUT2D eigenvalue weighted by Crippen LogP contribution is -1.85. The van der Waals surface area contributed by atoms with E-state index in [1.165, 1.54) is 6.07 Å². The average molecular weight is 184 g/mol. The number of hydrogen-bond donors (Lipinski definition) is 3. The molecule has 2 N–H and O–H groups in total. The van der Waals surface area contributed by atoms with Crippen LogP contribution in [-0.2, 0) is 6.42 Å². The van der Waals surface area contributed by atoms with E-state index in [-0.39, 0.29) is 11.5 Å². The Morgan fingerprint density at radius 2 is 1.92 bits per heavy atom. The molecule has 0 aromatic heterocycles. The van der Waals surface area contributed by atoms with Gasteiger partial charge in [0.25, 0.3) is 0 Å². The molecule has 0 spiro atoms. The van der Waals surface area contributed by atoms with Gasteiger partial charge in [-0.15, -0.1) is 0 Å². The van der Waals surface area contributed by atoms with Crippen LogP contribution in [0.3, 0.4) is 0 Å². The van der Waals surface area contributed by atoms with Crippen molar-refractivity contribution in [2.45, 2.75) is 12.8 Å². The van der Waals surface area contributed by atoms with E-state index in [9.17, 15) is 0 Å². The van der Waals surface area contributed by atoms with E-state index in [2.05, 4.69) is 12.6 Å². The predicted molar refractivity (Wildman–Crippen MR) is 51.9 cm³/mol. The van der Waals surface area contributed by atoms with Crippen LogP contribution in [0.2, 0.25) is 0 Å². The molecule has 1 aromatic rings. The third kappa shape index (κ3) is 2.34. The van der Waals surface area contributed by atoms with E-state index < -0.39 is 0 Å². The molecule has 0 unspecified atom stereocenters. The van der Waals surface area contributed by atoms with Gasteiger partial charge in [0, 0.05) is 0 Å². The van der Waals surface area contributed by atoms with Crippen LogP contribution in [0.4, 0.5) is 0 Å². The maximum atomic E-state index is 9.13. The average Bonchev–Trinajstić information content (AvgIpc) is 2.07. The molecule has 0 aliphatic heterocycles. The first-order valence-electron chi connectivity index (χ1n) is 3.86. The number of aryl methyl sites for hydroxylation is 1. The van der Waals surface area contributed by atoms with Crippen molar-refractivity contribution in [3.05, 3.63) is 23.8 Å². The number of hydrogen-bond acceptors (Lipinski definition) is 3. The van der Waals surface area contributed by atoms with Crippen molar-refractivity contribution in [3.63, 3.8) is 0 Å². The lowest BCUT2D eigenvalue weighted by Gasteiger charge is -2.01. The van der Waals surface area contributed by atoms with Gasteiger partial charge in [-0.2, -0.15) is 12.6 Å². The Hall–Kier alpha value is -0.830. The van der Waals surface area contributed by atoms with Gasteiger partial charge < -0.3 is 10.2 Å². The van der Waals surface area contributed by atoms with Gasteiger partial charge in [-0.05, 0) is 36.3 Å². The van der Waals surface area contributed by atoms with Gasteiger partial charge >= 0.3 is 0 Å². The number of thiol groups is 1. The van der Waals surface area contributed by atoms with Crippen LogP contribution in [0, 0.1) is 0 Å². The normalized spacial score (nSPS) is 10.1. The first-order chi connectivity index (χ1) is 5.74. The summed E-state index contributed by atoms with van der Waals surface area (Å²) in [7, 11) is 0. The topological polar surface area (TPSA) is 40.5 Å². The third-order valence-corrected chi connectivity index (χ3v) is 1.98. The van der Waals surface area contributed by atoms with Crippen LogP contribution >= 0.6 is 12.6 Å². The van der Waals surface area contributed by atoms with Crippen LogP contribution < -0.4 is 0 Å². The first-order valence-corrected chi connectivity index (χ1v) is 4.49. The maximum Gasteiger partial charge on any atom is 0.157 e. The Kier molecular flexibility index (Phi) is 3.29. The van der Waals surface area contributed by atoms with Gasteiger partial charge in [-0.25, -0.2) is 0 Å². The fourth-order valence-electron chi connectivity index (χ4n) is 1.01. The second kappa shape index (κ2) is 4.26. The van der Waals surface area contributed by atoms with Gasteiger partial charge in [0.05, 0.1) is 0 Å². The third-order valence-electron chi connectivity index (χ3n) is 1.66. The summed E-state index contributed by atoms with van der Waals surface area (Å²) in [6.07, 6.45) is 1.87. The number of rotatable bonds is 3. The molecule has 1 aromatic carbocycles. The molecule has 1 rings (SSSR count). The van der Waals surface area contributed by atoms with Crippen LogP contribution in [0.1, 0.15) is 12.0 Å². The Labute approximate surface area is 77.3 Å². The maximum absolute atomic E-state index is 9.13. The molecule has 0 atom stereocenters. The summed E-state index contributed by atoms with van der Waals surface area (Å²) in [6, 6.07) is 4.89. The van der Waals surface area contributed by atoms with Crippen molar-refractivity contribution in [1.82, 2.24) is 0 Å². The minimum atomic E-state index is -0.0652. The van der Waals surface area contributed by atoms with Crippen molar-refractivity contribution in [2.75, 3.05) is 5.75 Å². The molecule has 0 bridgehead atoms. The minimum absolute atomic E-state index is 0.0494. The molecule has 0 saturated carbocycles. The van der Waals surface area contributed by atoms with E-state index in [0.29, 0.717) is 0 Å². The largest absolute Gasteiger partial charge is 0.504 e. The predicted octanol–water partition coefficient (Wildman–Crippen LogP) is 1.96. The molecule has 66 valence electrons. The van der Waals surface area contributed by atoms with Crippen LogP contribution in [0.25, 0.3) is 0 Å². The summed E-state index contributed by atoms with van der Waals surface area (Å²) in [4.78, 5) is 0. The zero-order valence-electron chi connectivity index (χ0n) is 6.70. The second-order valence-corrected chi connectivity index (χ2v) is 3.10. The molecule has 0 aliphatic rings. The summed E-state index contributed by atoms with van der Waals surface area (Å²) in [5, 5.41) is 18.1. The Balaban J connectivity index is 2.69. The Morgan fingerprint density at radius 1 is 1.17 bits per heavy atom. The molecule has 2 nitrogen and oxygen atoms in total. The number of benzene rings is 1. The van der Waals surface area contributed by atoms with Crippen LogP contribution in [-0.4, -0.2) is 16.0 Å². The second-order valence-electron chi connectivity index (χ2n) is 2.65. The molecule has 0 fully saturated rings. The molecule has 3 heteroatoms. The summed E-state index contributed by atoms with van der Waals surface area (Å²) in [5.41, 5.74) is 1.03. The quantitative estimate of drug-likeness (QED) is 0.496. The van der Waals surface area contributed by atoms with Crippen LogP contribution in [0.15, 0.2) is 18.2 Å². The molecule has 0 amide bonds. The van der Waals surface area contributed by atoms with Gasteiger partial charge in [-0.3, -0.25) is 0 Å². The molecular formula is C9H12O2S. The monoisotopic (exact) mass is 184 g/mol. The summed E-state index contributed by atoms with van der Waals surface area (Å²) in [5.74, 6) is 0.720. The standard InChI is InChI=1S/C9H12O2S/c10-8-4-3-7(2-1-5-12)6-9(8)11/h3-4,6,10-12H,1-2,5H2. The molecule has 12 heavy (non-hydrogen) atoms. The van der Waals surface area contributed by atoms with Crippen molar-refractivity contribution in [3.8, 4) is 11.5 Å². The highest BCUT2D eigenvalue weighted by molar-refractivity contribution is 7.80. The Morgan fingerprint density at radius 3 is 2.50 bits per heavy atom. The SMILES string of the molecule is Oc1ccc(CCCS)cc1O. The summed E-state index contributed by atoms with van der Waals surface area (Å²) < 4.78 is 0. The first kappa shape index (κ1) is 9.26.